The van der Waals surface area contributed by atoms with Crippen molar-refractivity contribution >= 4 is 38.5 Å². The highest BCUT2D eigenvalue weighted by atomic mass is 32.2. The molecule has 0 saturated carbocycles. The normalized spacial score (nSPS) is 11.5. The minimum Gasteiger partial charge on any atom is -0.495 e. The quantitative estimate of drug-likeness (QED) is 0.409. The Hall–Kier alpha value is -3.59. The second-order valence-electron chi connectivity index (χ2n) is 6.32. The first-order valence-corrected chi connectivity index (χ1v) is 10.1. The lowest BCUT2D eigenvalue weighted by atomic mass is 10.2. The van der Waals surface area contributed by atoms with E-state index in [1.54, 1.807) is 60.7 Å². The van der Waals surface area contributed by atoms with Crippen molar-refractivity contribution in [3.8, 4) is 5.75 Å². The molecule has 0 aliphatic rings. The van der Waals surface area contributed by atoms with Gasteiger partial charge in [-0.3, -0.25) is 4.72 Å². The predicted octanol–water partition coefficient (Wildman–Crippen LogP) is 4.38. The summed E-state index contributed by atoms with van der Waals surface area (Å²) in [5.41, 5.74) is 14.8. The van der Waals surface area contributed by atoms with Crippen molar-refractivity contribution in [3.63, 3.8) is 0 Å². The molecule has 0 aromatic heterocycles. The van der Waals surface area contributed by atoms with Gasteiger partial charge in [-0.15, -0.1) is 5.11 Å². The van der Waals surface area contributed by atoms with Gasteiger partial charge in [0.15, 0.2) is 0 Å². The van der Waals surface area contributed by atoms with E-state index in [-0.39, 0.29) is 4.90 Å². The molecule has 3 rings (SSSR count). The number of methoxy groups -OCH3 is 1. The molecule has 8 nitrogen and oxygen atoms in total. The van der Waals surface area contributed by atoms with Crippen LogP contribution in [0.2, 0.25) is 0 Å². The van der Waals surface area contributed by atoms with E-state index >= 15 is 0 Å². The van der Waals surface area contributed by atoms with Gasteiger partial charge in [0.2, 0.25) is 0 Å². The average Bonchev–Trinajstić information content (AvgIpc) is 2.68. The first kappa shape index (κ1) is 20.2. The van der Waals surface area contributed by atoms with E-state index in [1.165, 1.54) is 7.11 Å². The lowest BCUT2D eigenvalue weighted by Gasteiger charge is -2.08. The molecule has 3 aromatic rings. The van der Waals surface area contributed by atoms with Crippen LogP contribution in [-0.2, 0) is 10.0 Å². The predicted molar refractivity (Wildman–Crippen MR) is 114 cm³/mol. The van der Waals surface area contributed by atoms with Crippen LogP contribution in [-0.4, -0.2) is 15.5 Å². The number of rotatable bonds is 6. The molecule has 0 unspecified atom stereocenters. The van der Waals surface area contributed by atoms with Crippen LogP contribution < -0.4 is 20.9 Å². The smallest absolute Gasteiger partial charge is 0.261 e. The third kappa shape index (κ3) is 4.82. The Kier molecular flexibility index (Phi) is 5.69. The summed E-state index contributed by atoms with van der Waals surface area (Å²) < 4.78 is 32.6. The second kappa shape index (κ2) is 8.19. The summed E-state index contributed by atoms with van der Waals surface area (Å²) >= 11 is 0. The van der Waals surface area contributed by atoms with Gasteiger partial charge in [-0.25, -0.2) is 8.42 Å². The fourth-order valence-corrected chi connectivity index (χ4v) is 3.56. The number of ether oxygens (including phenoxy) is 1. The lowest BCUT2D eigenvalue weighted by molar-refractivity contribution is 0.417. The molecular weight excluding hydrogens is 390 g/mol. The topological polar surface area (TPSA) is 132 Å². The van der Waals surface area contributed by atoms with E-state index in [0.717, 1.165) is 5.56 Å². The minimum atomic E-state index is -3.66. The van der Waals surface area contributed by atoms with E-state index in [2.05, 4.69) is 15.0 Å². The highest BCUT2D eigenvalue weighted by Gasteiger charge is 2.13. The Morgan fingerprint density at radius 1 is 0.897 bits per heavy atom. The van der Waals surface area contributed by atoms with Crippen LogP contribution in [0.1, 0.15) is 5.56 Å². The number of hydrogen-bond donors (Lipinski definition) is 3. The molecule has 0 saturated heterocycles. The third-order valence-electron chi connectivity index (χ3n) is 4.10. The summed E-state index contributed by atoms with van der Waals surface area (Å²) in [7, 11) is -2.16. The molecule has 0 fully saturated rings. The number of nitrogens with two attached hydrogens (primary N) is 2. The van der Waals surface area contributed by atoms with Gasteiger partial charge < -0.3 is 16.2 Å². The molecule has 0 heterocycles. The Morgan fingerprint density at radius 3 is 2.17 bits per heavy atom. The van der Waals surface area contributed by atoms with Crippen molar-refractivity contribution < 1.29 is 13.2 Å². The van der Waals surface area contributed by atoms with Crippen molar-refractivity contribution in [2.75, 3.05) is 23.3 Å². The highest BCUT2D eigenvalue weighted by Crippen LogP contribution is 2.34. The summed E-state index contributed by atoms with van der Waals surface area (Å²) in [6.07, 6.45) is 0. The molecule has 5 N–H and O–H groups in total. The van der Waals surface area contributed by atoms with Crippen molar-refractivity contribution in [2.24, 2.45) is 10.2 Å². The zero-order valence-electron chi connectivity index (χ0n) is 16.0. The van der Waals surface area contributed by atoms with E-state index in [9.17, 15) is 8.42 Å². The number of nitrogens with one attached hydrogen (secondary N) is 1. The number of nitrogens with zero attached hydrogens (tertiary/aromatic N) is 2. The van der Waals surface area contributed by atoms with Crippen LogP contribution in [0.15, 0.2) is 75.8 Å². The van der Waals surface area contributed by atoms with Gasteiger partial charge in [0.1, 0.15) is 11.4 Å². The Labute approximate surface area is 169 Å². The zero-order chi connectivity index (χ0) is 21.0. The molecule has 9 heteroatoms. The number of anilines is 3. The van der Waals surface area contributed by atoms with Crippen molar-refractivity contribution in [1.82, 2.24) is 0 Å². The molecular formula is C20H21N5O3S. The van der Waals surface area contributed by atoms with Crippen LogP contribution >= 0.6 is 0 Å². The van der Waals surface area contributed by atoms with Crippen molar-refractivity contribution in [1.29, 1.82) is 0 Å². The highest BCUT2D eigenvalue weighted by molar-refractivity contribution is 7.92. The summed E-state index contributed by atoms with van der Waals surface area (Å²) in [5, 5.41) is 8.23. The van der Waals surface area contributed by atoms with Gasteiger partial charge in [-0.2, -0.15) is 5.11 Å². The molecule has 0 aliphatic carbocycles. The molecule has 0 spiro atoms. The van der Waals surface area contributed by atoms with Crippen molar-refractivity contribution in [3.05, 3.63) is 66.2 Å². The van der Waals surface area contributed by atoms with Crippen LogP contribution in [0.3, 0.4) is 0 Å². The maximum atomic E-state index is 12.4. The van der Waals surface area contributed by atoms with E-state index in [1.807, 2.05) is 6.92 Å². The number of nitrogen functional groups attached to an aromatic ring is 2. The summed E-state index contributed by atoms with van der Waals surface area (Å²) in [6.45, 7) is 1.89. The van der Waals surface area contributed by atoms with Crippen LogP contribution in [0.25, 0.3) is 0 Å². The first-order valence-electron chi connectivity index (χ1n) is 8.63. The minimum absolute atomic E-state index is 0.194. The summed E-state index contributed by atoms with van der Waals surface area (Å²) in [6, 6.07) is 16.2. The third-order valence-corrected chi connectivity index (χ3v) is 5.50. The molecule has 150 valence electrons. The number of hydrogen-bond acceptors (Lipinski definition) is 7. The van der Waals surface area contributed by atoms with Gasteiger partial charge in [0.05, 0.1) is 29.1 Å². The molecule has 0 radical (unpaired) electrons. The molecule has 29 heavy (non-hydrogen) atoms. The number of aryl methyl sites for hydroxylation is 1. The van der Waals surface area contributed by atoms with Crippen LogP contribution in [0, 0.1) is 6.92 Å². The van der Waals surface area contributed by atoms with Gasteiger partial charge in [-0.1, -0.05) is 17.7 Å². The summed E-state index contributed by atoms with van der Waals surface area (Å²) in [5.74, 6) is 0.453. The van der Waals surface area contributed by atoms with Crippen LogP contribution in [0.5, 0.6) is 5.75 Å². The molecule has 0 bridgehead atoms. The van der Waals surface area contributed by atoms with Gasteiger partial charge >= 0.3 is 0 Å². The first-order chi connectivity index (χ1) is 13.8. The lowest BCUT2D eigenvalue weighted by Crippen LogP contribution is -2.12. The molecule has 0 atom stereocenters. The maximum Gasteiger partial charge on any atom is 0.261 e. The van der Waals surface area contributed by atoms with E-state index in [0.29, 0.717) is 34.2 Å². The maximum absolute atomic E-state index is 12.4. The largest absolute Gasteiger partial charge is 0.495 e. The van der Waals surface area contributed by atoms with Crippen molar-refractivity contribution in [2.45, 2.75) is 11.8 Å². The SMILES string of the molecule is COc1cc(/N=N/c2ccc(NS(=O)(=O)c3ccc(C)cc3)cc2)c(N)cc1N. The number of sulfonamides is 1. The molecule has 0 aliphatic heterocycles. The number of benzene rings is 3. The Balaban J connectivity index is 1.75. The van der Waals surface area contributed by atoms with E-state index < -0.39 is 10.0 Å². The zero-order valence-corrected chi connectivity index (χ0v) is 16.8. The molecule has 0 amide bonds. The average molecular weight is 411 g/mol. The van der Waals surface area contributed by atoms with Gasteiger partial charge in [-0.05, 0) is 49.4 Å². The Bertz CT molecular complexity index is 1140. The summed E-state index contributed by atoms with van der Waals surface area (Å²) in [4.78, 5) is 0.194. The molecule has 3 aromatic carbocycles. The monoisotopic (exact) mass is 411 g/mol. The number of azo groups is 1. The fraction of sp³-hybridized carbons (Fsp3) is 0.100. The van der Waals surface area contributed by atoms with Gasteiger partial charge in [0, 0.05) is 11.8 Å². The van der Waals surface area contributed by atoms with E-state index in [4.69, 9.17) is 16.2 Å². The second-order valence-corrected chi connectivity index (χ2v) is 8.00. The van der Waals surface area contributed by atoms with Crippen LogP contribution in [0.4, 0.5) is 28.4 Å². The van der Waals surface area contributed by atoms with Gasteiger partial charge in [0.25, 0.3) is 10.0 Å². The standard InChI is InChI=1S/C20H21N5O3S/c1-13-3-9-16(10-4-13)29(26,27)25-15-7-5-14(6-8-15)23-24-19-12-20(28-2)18(22)11-17(19)21/h3-12,25H,21-22H2,1-2H3/b24-23+. The Morgan fingerprint density at radius 2 is 1.55 bits per heavy atom. The fourth-order valence-electron chi connectivity index (χ4n) is 2.51.